The minimum Gasteiger partial charge on any atom is -0.372 e. The van der Waals surface area contributed by atoms with E-state index in [4.69, 9.17) is 0 Å². The van der Waals surface area contributed by atoms with Crippen LogP contribution in [0.4, 0.5) is 0 Å². The number of hydrogen-bond donors (Lipinski definition) is 0. The maximum atomic E-state index is 11.7. The molecular weight excluding hydrogens is 176 g/mol. The molecule has 14 heavy (non-hydrogen) atoms. The highest BCUT2D eigenvalue weighted by atomic mass is 16.2. The fourth-order valence-corrected chi connectivity index (χ4v) is 1.67. The van der Waals surface area contributed by atoms with Gasteiger partial charge in [0.25, 0.3) is 0 Å². The van der Waals surface area contributed by atoms with Gasteiger partial charge in [-0.25, -0.2) is 0 Å². The van der Waals surface area contributed by atoms with Crippen molar-refractivity contribution < 1.29 is 4.79 Å². The lowest BCUT2D eigenvalue weighted by Gasteiger charge is -2.36. The third-order valence-corrected chi connectivity index (χ3v) is 2.63. The molecule has 0 bridgehead atoms. The molecule has 0 aromatic rings. The quantitative estimate of drug-likeness (QED) is 0.665. The van der Waals surface area contributed by atoms with Crippen LogP contribution in [-0.2, 0) is 4.79 Å². The van der Waals surface area contributed by atoms with E-state index in [1.807, 2.05) is 25.7 Å². The molecule has 0 saturated carbocycles. The second kappa shape index (κ2) is 4.49. The third kappa shape index (κ3) is 2.50. The molecule has 1 rings (SSSR count). The van der Waals surface area contributed by atoms with E-state index in [0.29, 0.717) is 0 Å². The highest BCUT2D eigenvalue weighted by Gasteiger charge is 2.22. The first kappa shape index (κ1) is 11.1. The Labute approximate surface area is 86.4 Å². The van der Waals surface area contributed by atoms with E-state index in [0.717, 1.165) is 31.9 Å². The summed E-state index contributed by atoms with van der Waals surface area (Å²) in [6, 6.07) is 0. The number of amides is 1. The first-order chi connectivity index (χ1) is 6.52. The molecule has 0 unspecified atom stereocenters. The largest absolute Gasteiger partial charge is 0.372 e. The lowest BCUT2D eigenvalue weighted by Crippen LogP contribution is -2.48. The molecule has 1 aliphatic heterocycles. The van der Waals surface area contributed by atoms with E-state index < -0.39 is 0 Å². The molecule has 0 aliphatic carbocycles. The van der Waals surface area contributed by atoms with Gasteiger partial charge in [-0.1, -0.05) is 20.4 Å². The number of allylic oxidation sites excluding steroid dienone is 1. The fraction of sp³-hybridized carbons (Fsp3) is 0.727. The standard InChI is InChI=1S/C11H20N2O/c1-9(2)11(14)13-7-5-12(6-8-13)10(3)4/h9H,3,5-8H2,1-2,4H3. The summed E-state index contributed by atoms with van der Waals surface area (Å²) in [6.45, 7) is 13.3. The van der Waals surface area contributed by atoms with Crippen LogP contribution in [0.15, 0.2) is 12.3 Å². The Morgan fingerprint density at radius 2 is 1.57 bits per heavy atom. The molecule has 1 heterocycles. The van der Waals surface area contributed by atoms with Crippen LogP contribution >= 0.6 is 0 Å². The molecule has 3 heteroatoms. The van der Waals surface area contributed by atoms with Crippen LogP contribution in [0.1, 0.15) is 20.8 Å². The van der Waals surface area contributed by atoms with Crippen molar-refractivity contribution in [2.24, 2.45) is 5.92 Å². The Morgan fingerprint density at radius 3 is 1.93 bits per heavy atom. The van der Waals surface area contributed by atoms with Crippen LogP contribution < -0.4 is 0 Å². The topological polar surface area (TPSA) is 23.6 Å². The van der Waals surface area contributed by atoms with Crippen molar-refractivity contribution in [1.82, 2.24) is 9.80 Å². The van der Waals surface area contributed by atoms with E-state index in [2.05, 4.69) is 11.5 Å². The van der Waals surface area contributed by atoms with Gasteiger partial charge in [0.15, 0.2) is 0 Å². The predicted molar refractivity (Wildman–Crippen MR) is 57.8 cm³/mol. The molecule has 3 nitrogen and oxygen atoms in total. The van der Waals surface area contributed by atoms with E-state index in [1.54, 1.807) is 0 Å². The predicted octanol–water partition coefficient (Wildman–Crippen LogP) is 1.32. The summed E-state index contributed by atoms with van der Waals surface area (Å²) < 4.78 is 0. The van der Waals surface area contributed by atoms with Crippen LogP contribution in [0.5, 0.6) is 0 Å². The van der Waals surface area contributed by atoms with Crippen LogP contribution in [0.3, 0.4) is 0 Å². The molecule has 0 radical (unpaired) electrons. The maximum Gasteiger partial charge on any atom is 0.225 e. The average Bonchev–Trinajstić information content (AvgIpc) is 2.16. The number of hydrogen-bond acceptors (Lipinski definition) is 2. The molecule has 1 saturated heterocycles. The van der Waals surface area contributed by atoms with Gasteiger partial charge in [0.1, 0.15) is 0 Å². The zero-order valence-electron chi connectivity index (χ0n) is 9.42. The van der Waals surface area contributed by atoms with Crippen LogP contribution in [-0.4, -0.2) is 41.9 Å². The summed E-state index contributed by atoms with van der Waals surface area (Å²) in [5.41, 5.74) is 1.10. The Balaban J connectivity index is 2.43. The third-order valence-electron chi connectivity index (χ3n) is 2.63. The maximum absolute atomic E-state index is 11.7. The summed E-state index contributed by atoms with van der Waals surface area (Å²) in [5, 5.41) is 0. The molecule has 80 valence electrons. The van der Waals surface area contributed by atoms with Crippen molar-refractivity contribution in [1.29, 1.82) is 0 Å². The highest BCUT2D eigenvalue weighted by molar-refractivity contribution is 5.78. The molecule has 1 aliphatic rings. The number of piperazine rings is 1. The lowest BCUT2D eigenvalue weighted by molar-refractivity contribution is -0.135. The average molecular weight is 196 g/mol. The van der Waals surface area contributed by atoms with Gasteiger partial charge in [0.05, 0.1) is 0 Å². The Bertz CT molecular complexity index is 227. The summed E-state index contributed by atoms with van der Waals surface area (Å²) in [4.78, 5) is 15.8. The minimum atomic E-state index is 0.117. The van der Waals surface area contributed by atoms with Crippen molar-refractivity contribution >= 4 is 5.91 Å². The zero-order chi connectivity index (χ0) is 10.7. The van der Waals surface area contributed by atoms with Crippen LogP contribution in [0, 0.1) is 5.92 Å². The summed E-state index contributed by atoms with van der Waals surface area (Å²) in [5.74, 6) is 0.387. The van der Waals surface area contributed by atoms with E-state index in [1.165, 1.54) is 0 Å². The second-order valence-corrected chi connectivity index (χ2v) is 4.20. The molecule has 1 fully saturated rings. The van der Waals surface area contributed by atoms with Crippen molar-refractivity contribution in [2.45, 2.75) is 20.8 Å². The molecule has 1 amide bonds. The van der Waals surface area contributed by atoms with E-state index >= 15 is 0 Å². The van der Waals surface area contributed by atoms with E-state index in [-0.39, 0.29) is 11.8 Å². The molecular formula is C11H20N2O. The fourth-order valence-electron chi connectivity index (χ4n) is 1.67. The van der Waals surface area contributed by atoms with Crippen LogP contribution in [0.2, 0.25) is 0 Å². The van der Waals surface area contributed by atoms with Gasteiger partial charge < -0.3 is 9.80 Å². The highest BCUT2D eigenvalue weighted by Crippen LogP contribution is 2.09. The smallest absolute Gasteiger partial charge is 0.225 e. The summed E-state index contributed by atoms with van der Waals surface area (Å²) in [7, 11) is 0. The van der Waals surface area contributed by atoms with Gasteiger partial charge in [-0.05, 0) is 6.92 Å². The molecule has 0 spiro atoms. The SMILES string of the molecule is C=C(C)N1CCN(C(=O)C(C)C)CC1. The molecule has 0 atom stereocenters. The molecule has 0 aromatic carbocycles. The normalized spacial score (nSPS) is 17.4. The van der Waals surface area contributed by atoms with Crippen molar-refractivity contribution in [3.8, 4) is 0 Å². The Kier molecular flexibility index (Phi) is 3.55. The summed E-state index contributed by atoms with van der Waals surface area (Å²) in [6.07, 6.45) is 0. The van der Waals surface area contributed by atoms with Gasteiger partial charge in [-0.2, -0.15) is 0 Å². The first-order valence-corrected chi connectivity index (χ1v) is 5.21. The number of carbonyl (C=O) groups is 1. The first-order valence-electron chi connectivity index (χ1n) is 5.21. The minimum absolute atomic E-state index is 0.117. The van der Waals surface area contributed by atoms with Crippen molar-refractivity contribution in [3.05, 3.63) is 12.3 Å². The summed E-state index contributed by atoms with van der Waals surface area (Å²) >= 11 is 0. The number of nitrogens with zero attached hydrogens (tertiary/aromatic N) is 2. The van der Waals surface area contributed by atoms with Gasteiger partial charge in [-0.15, -0.1) is 0 Å². The molecule has 0 N–H and O–H groups in total. The van der Waals surface area contributed by atoms with Gasteiger partial charge in [0.2, 0.25) is 5.91 Å². The van der Waals surface area contributed by atoms with Crippen molar-refractivity contribution in [2.75, 3.05) is 26.2 Å². The number of carbonyl (C=O) groups excluding carboxylic acids is 1. The lowest BCUT2D eigenvalue weighted by atomic mass is 10.1. The molecule has 0 aromatic heterocycles. The van der Waals surface area contributed by atoms with Crippen molar-refractivity contribution in [3.63, 3.8) is 0 Å². The van der Waals surface area contributed by atoms with Gasteiger partial charge in [0, 0.05) is 37.8 Å². The number of rotatable bonds is 2. The van der Waals surface area contributed by atoms with E-state index in [9.17, 15) is 4.79 Å². The Morgan fingerprint density at radius 1 is 1.14 bits per heavy atom. The monoisotopic (exact) mass is 196 g/mol. The van der Waals surface area contributed by atoms with Crippen LogP contribution in [0.25, 0.3) is 0 Å². The van der Waals surface area contributed by atoms with Gasteiger partial charge in [-0.3, -0.25) is 4.79 Å². The second-order valence-electron chi connectivity index (χ2n) is 4.20. The zero-order valence-corrected chi connectivity index (χ0v) is 9.42. The Hall–Kier alpha value is -0.990. The van der Waals surface area contributed by atoms with Gasteiger partial charge >= 0.3 is 0 Å².